The van der Waals surface area contributed by atoms with Crippen LogP contribution in [-0.2, 0) is 16.0 Å². The minimum absolute atomic E-state index is 0.0266. The van der Waals surface area contributed by atoms with Crippen LogP contribution in [0.3, 0.4) is 0 Å². The number of nitrogens with one attached hydrogen (secondary N) is 3. The Labute approximate surface area is 136 Å². The predicted octanol–water partition coefficient (Wildman–Crippen LogP) is 2.41. The maximum absolute atomic E-state index is 12.1. The van der Waals surface area contributed by atoms with E-state index in [1.54, 1.807) is 14.0 Å². The van der Waals surface area contributed by atoms with E-state index >= 15 is 0 Å². The van der Waals surface area contributed by atoms with Crippen LogP contribution in [0.4, 0.5) is 11.4 Å². The van der Waals surface area contributed by atoms with Gasteiger partial charge in [0, 0.05) is 18.4 Å². The van der Waals surface area contributed by atoms with Gasteiger partial charge >= 0.3 is 0 Å². The molecule has 0 aromatic heterocycles. The van der Waals surface area contributed by atoms with Gasteiger partial charge in [0.2, 0.25) is 11.8 Å². The molecule has 1 unspecified atom stereocenters. The van der Waals surface area contributed by atoms with E-state index in [-0.39, 0.29) is 17.9 Å². The monoisotopic (exact) mass is 311 g/mol. The SMILES string of the molecule is CNC(=O)Cc1ccc(NC(C)C(=O)Nc2ccccc2)cc1. The van der Waals surface area contributed by atoms with E-state index in [2.05, 4.69) is 16.0 Å². The summed E-state index contributed by atoms with van der Waals surface area (Å²) in [5.74, 6) is -0.132. The molecule has 2 amide bonds. The lowest BCUT2D eigenvalue weighted by atomic mass is 10.1. The van der Waals surface area contributed by atoms with Crippen molar-refractivity contribution in [3.05, 3.63) is 60.2 Å². The van der Waals surface area contributed by atoms with E-state index in [1.807, 2.05) is 54.6 Å². The Kier molecular flexibility index (Phi) is 5.74. The first kappa shape index (κ1) is 16.5. The Hall–Kier alpha value is -2.82. The average Bonchev–Trinajstić information content (AvgIpc) is 2.57. The van der Waals surface area contributed by atoms with Gasteiger partial charge in [0.15, 0.2) is 0 Å². The molecule has 0 heterocycles. The molecule has 0 saturated heterocycles. The molecule has 2 rings (SSSR count). The molecule has 0 fully saturated rings. The molecule has 23 heavy (non-hydrogen) atoms. The van der Waals surface area contributed by atoms with Gasteiger partial charge in [-0.05, 0) is 36.8 Å². The van der Waals surface area contributed by atoms with Gasteiger partial charge < -0.3 is 16.0 Å². The van der Waals surface area contributed by atoms with Crippen LogP contribution >= 0.6 is 0 Å². The zero-order chi connectivity index (χ0) is 16.7. The van der Waals surface area contributed by atoms with Crippen LogP contribution in [0.15, 0.2) is 54.6 Å². The smallest absolute Gasteiger partial charge is 0.246 e. The highest BCUT2D eigenvalue weighted by Gasteiger charge is 2.12. The average molecular weight is 311 g/mol. The summed E-state index contributed by atoms with van der Waals surface area (Å²) in [6.07, 6.45) is 0.348. The summed E-state index contributed by atoms with van der Waals surface area (Å²) in [5, 5.41) is 8.59. The molecule has 0 radical (unpaired) electrons. The van der Waals surface area contributed by atoms with Crippen molar-refractivity contribution in [3.8, 4) is 0 Å². The van der Waals surface area contributed by atoms with Crippen molar-refractivity contribution in [1.29, 1.82) is 0 Å². The van der Waals surface area contributed by atoms with Gasteiger partial charge in [-0.1, -0.05) is 30.3 Å². The Bertz CT molecular complexity index is 654. The van der Waals surface area contributed by atoms with Crippen molar-refractivity contribution in [2.45, 2.75) is 19.4 Å². The number of amides is 2. The van der Waals surface area contributed by atoms with E-state index in [4.69, 9.17) is 0 Å². The molecule has 3 N–H and O–H groups in total. The number of hydrogen-bond donors (Lipinski definition) is 3. The Morgan fingerprint density at radius 1 is 0.957 bits per heavy atom. The Morgan fingerprint density at radius 2 is 1.61 bits per heavy atom. The molecule has 2 aromatic carbocycles. The highest BCUT2D eigenvalue weighted by Crippen LogP contribution is 2.12. The molecule has 0 saturated carbocycles. The van der Waals surface area contributed by atoms with Gasteiger partial charge in [-0.15, -0.1) is 0 Å². The second-order valence-electron chi connectivity index (χ2n) is 5.27. The molecular weight excluding hydrogens is 290 g/mol. The lowest BCUT2D eigenvalue weighted by molar-refractivity contribution is -0.120. The Morgan fingerprint density at radius 3 is 2.22 bits per heavy atom. The summed E-state index contributed by atoms with van der Waals surface area (Å²) in [6, 6.07) is 16.4. The fourth-order valence-electron chi connectivity index (χ4n) is 2.08. The van der Waals surface area contributed by atoms with Crippen molar-refractivity contribution in [2.75, 3.05) is 17.7 Å². The van der Waals surface area contributed by atoms with Crippen LogP contribution in [0, 0.1) is 0 Å². The molecular formula is C18H21N3O2. The number of carbonyl (C=O) groups is 2. The standard InChI is InChI=1S/C18H21N3O2/c1-13(18(23)21-15-6-4-3-5-7-15)20-16-10-8-14(9-11-16)12-17(22)19-2/h3-11,13,20H,12H2,1-2H3,(H,19,22)(H,21,23). The van der Waals surface area contributed by atoms with E-state index < -0.39 is 0 Å². The van der Waals surface area contributed by atoms with Gasteiger partial charge in [0.25, 0.3) is 0 Å². The summed E-state index contributed by atoms with van der Waals surface area (Å²) in [5.41, 5.74) is 2.53. The summed E-state index contributed by atoms with van der Waals surface area (Å²) < 4.78 is 0. The van der Waals surface area contributed by atoms with Crippen LogP contribution in [0.1, 0.15) is 12.5 Å². The molecule has 5 heteroatoms. The number of likely N-dealkylation sites (N-methyl/N-ethyl adjacent to an activating group) is 1. The zero-order valence-electron chi connectivity index (χ0n) is 13.3. The maximum atomic E-state index is 12.1. The fourth-order valence-corrected chi connectivity index (χ4v) is 2.08. The van der Waals surface area contributed by atoms with E-state index in [0.29, 0.717) is 6.42 Å². The quantitative estimate of drug-likeness (QED) is 0.767. The lowest BCUT2D eigenvalue weighted by Gasteiger charge is -2.15. The van der Waals surface area contributed by atoms with Crippen molar-refractivity contribution in [2.24, 2.45) is 0 Å². The fraction of sp³-hybridized carbons (Fsp3) is 0.222. The van der Waals surface area contributed by atoms with Crippen LogP contribution in [0.2, 0.25) is 0 Å². The highest BCUT2D eigenvalue weighted by atomic mass is 16.2. The lowest BCUT2D eigenvalue weighted by Crippen LogP contribution is -2.31. The largest absolute Gasteiger partial charge is 0.374 e. The molecule has 0 aliphatic heterocycles. The number of anilines is 2. The minimum Gasteiger partial charge on any atom is -0.374 e. The first-order valence-corrected chi connectivity index (χ1v) is 7.50. The summed E-state index contributed by atoms with van der Waals surface area (Å²) >= 11 is 0. The third-order valence-electron chi connectivity index (χ3n) is 3.42. The van der Waals surface area contributed by atoms with Gasteiger partial charge in [-0.3, -0.25) is 9.59 Å². The molecule has 120 valence electrons. The zero-order valence-corrected chi connectivity index (χ0v) is 13.3. The van der Waals surface area contributed by atoms with Crippen LogP contribution in [0.5, 0.6) is 0 Å². The molecule has 0 bridgehead atoms. The van der Waals surface area contributed by atoms with Crippen molar-refractivity contribution >= 4 is 23.2 Å². The topological polar surface area (TPSA) is 70.2 Å². The molecule has 1 atom stereocenters. The van der Waals surface area contributed by atoms with Gasteiger partial charge in [-0.2, -0.15) is 0 Å². The van der Waals surface area contributed by atoms with Gasteiger partial charge in [0.1, 0.15) is 6.04 Å². The number of rotatable bonds is 6. The molecule has 2 aromatic rings. The van der Waals surface area contributed by atoms with Crippen LogP contribution in [0.25, 0.3) is 0 Å². The van der Waals surface area contributed by atoms with E-state index in [0.717, 1.165) is 16.9 Å². The molecule has 0 spiro atoms. The number of benzene rings is 2. The molecule has 5 nitrogen and oxygen atoms in total. The second kappa shape index (κ2) is 7.98. The van der Waals surface area contributed by atoms with E-state index in [1.165, 1.54) is 0 Å². The van der Waals surface area contributed by atoms with Crippen molar-refractivity contribution < 1.29 is 9.59 Å². The molecule has 0 aliphatic rings. The van der Waals surface area contributed by atoms with Crippen LogP contribution < -0.4 is 16.0 Å². The summed E-state index contributed by atoms with van der Waals surface area (Å²) in [4.78, 5) is 23.5. The Balaban J connectivity index is 1.90. The predicted molar refractivity (Wildman–Crippen MR) is 92.4 cm³/mol. The summed E-state index contributed by atoms with van der Waals surface area (Å²) in [6.45, 7) is 1.80. The van der Waals surface area contributed by atoms with Crippen molar-refractivity contribution in [3.63, 3.8) is 0 Å². The second-order valence-corrected chi connectivity index (χ2v) is 5.27. The van der Waals surface area contributed by atoms with Gasteiger partial charge in [0.05, 0.1) is 6.42 Å². The van der Waals surface area contributed by atoms with Crippen molar-refractivity contribution in [1.82, 2.24) is 5.32 Å². The normalized spacial score (nSPS) is 11.4. The van der Waals surface area contributed by atoms with Crippen LogP contribution in [-0.4, -0.2) is 24.9 Å². The highest BCUT2D eigenvalue weighted by molar-refractivity contribution is 5.96. The van der Waals surface area contributed by atoms with E-state index in [9.17, 15) is 9.59 Å². The third-order valence-corrected chi connectivity index (χ3v) is 3.42. The summed E-state index contributed by atoms with van der Waals surface area (Å²) in [7, 11) is 1.62. The maximum Gasteiger partial charge on any atom is 0.246 e. The first-order valence-electron chi connectivity index (χ1n) is 7.50. The first-order chi connectivity index (χ1) is 11.1. The van der Waals surface area contributed by atoms with Gasteiger partial charge in [-0.25, -0.2) is 0 Å². The number of para-hydroxylation sites is 1. The number of hydrogen-bond acceptors (Lipinski definition) is 3. The molecule has 0 aliphatic carbocycles. The number of carbonyl (C=O) groups excluding carboxylic acids is 2. The third kappa shape index (κ3) is 5.14. The minimum atomic E-state index is -0.375.